The summed E-state index contributed by atoms with van der Waals surface area (Å²) in [5.41, 5.74) is 1.29. The molecule has 7 heteroatoms. The minimum Gasteiger partial charge on any atom is -0.369 e. The Bertz CT molecular complexity index is 658. The number of halogens is 1. The fourth-order valence-electron chi connectivity index (χ4n) is 2.80. The van der Waals surface area contributed by atoms with E-state index in [1.807, 2.05) is 20.2 Å². The molecule has 1 aromatic heterocycles. The fraction of sp³-hybridized carbons (Fsp3) is 0.412. The van der Waals surface area contributed by atoms with Crippen molar-refractivity contribution in [2.24, 2.45) is 4.99 Å². The third kappa shape index (κ3) is 5.07. The summed E-state index contributed by atoms with van der Waals surface area (Å²) in [6.07, 6.45) is 3.04. The van der Waals surface area contributed by atoms with Crippen LogP contribution in [0.4, 0.5) is 5.69 Å². The van der Waals surface area contributed by atoms with Crippen LogP contribution in [0.1, 0.15) is 16.3 Å². The quantitative estimate of drug-likeness (QED) is 0.421. The Morgan fingerprint density at radius 2 is 2.17 bits per heavy atom. The van der Waals surface area contributed by atoms with E-state index in [1.165, 1.54) is 10.6 Å². The number of para-hydroxylation sites is 1. The Labute approximate surface area is 164 Å². The zero-order chi connectivity index (χ0) is 16.1. The number of anilines is 1. The van der Waals surface area contributed by atoms with Gasteiger partial charge < -0.3 is 15.5 Å². The number of thiazole rings is 1. The van der Waals surface area contributed by atoms with Gasteiger partial charge in [0.2, 0.25) is 0 Å². The van der Waals surface area contributed by atoms with Crippen molar-refractivity contribution in [1.82, 2.24) is 15.6 Å². The van der Waals surface area contributed by atoms with Gasteiger partial charge in [0, 0.05) is 42.9 Å². The Balaban J connectivity index is 0.00000208. The van der Waals surface area contributed by atoms with E-state index < -0.39 is 0 Å². The van der Waals surface area contributed by atoms with E-state index in [2.05, 4.69) is 55.8 Å². The van der Waals surface area contributed by atoms with E-state index in [1.54, 1.807) is 11.3 Å². The molecule has 1 aliphatic heterocycles. The third-order valence-corrected chi connectivity index (χ3v) is 4.89. The number of aryl methyl sites for hydroxylation is 1. The molecule has 2 aromatic rings. The van der Waals surface area contributed by atoms with Gasteiger partial charge >= 0.3 is 0 Å². The smallest absolute Gasteiger partial charge is 0.191 e. The Morgan fingerprint density at radius 3 is 2.83 bits per heavy atom. The highest BCUT2D eigenvalue weighted by Gasteiger charge is 2.23. The van der Waals surface area contributed by atoms with Crippen molar-refractivity contribution < 1.29 is 0 Å². The molecule has 0 radical (unpaired) electrons. The van der Waals surface area contributed by atoms with Gasteiger partial charge in [-0.05, 0) is 25.5 Å². The molecule has 1 aliphatic rings. The molecule has 130 valence electrons. The maximum absolute atomic E-state index is 4.33. The van der Waals surface area contributed by atoms with Crippen LogP contribution in [-0.2, 0) is 6.54 Å². The summed E-state index contributed by atoms with van der Waals surface area (Å²) in [6, 6.07) is 11.0. The summed E-state index contributed by atoms with van der Waals surface area (Å²) in [5, 5.41) is 7.99. The van der Waals surface area contributed by atoms with Gasteiger partial charge in [-0.3, -0.25) is 4.99 Å². The highest BCUT2D eigenvalue weighted by molar-refractivity contribution is 14.0. The van der Waals surface area contributed by atoms with Crippen LogP contribution in [0.2, 0.25) is 0 Å². The van der Waals surface area contributed by atoms with Gasteiger partial charge in [-0.1, -0.05) is 18.2 Å². The lowest BCUT2D eigenvalue weighted by atomic mass is 10.3. The van der Waals surface area contributed by atoms with Gasteiger partial charge in [0.05, 0.1) is 11.6 Å². The second-order valence-electron chi connectivity index (χ2n) is 5.68. The van der Waals surface area contributed by atoms with Crippen LogP contribution in [0, 0.1) is 6.92 Å². The maximum atomic E-state index is 4.33. The zero-order valence-electron chi connectivity index (χ0n) is 14.0. The Morgan fingerprint density at radius 1 is 1.38 bits per heavy atom. The van der Waals surface area contributed by atoms with E-state index in [4.69, 9.17) is 0 Å². The number of hydrogen-bond acceptors (Lipinski definition) is 4. The van der Waals surface area contributed by atoms with Gasteiger partial charge in [0.15, 0.2) is 5.96 Å². The number of aliphatic imine (C=N–C) groups is 1. The van der Waals surface area contributed by atoms with Gasteiger partial charge in [-0.25, -0.2) is 4.98 Å². The van der Waals surface area contributed by atoms with Crippen LogP contribution in [0.25, 0.3) is 0 Å². The molecule has 0 saturated carbocycles. The number of nitrogens with one attached hydrogen (secondary N) is 2. The van der Waals surface area contributed by atoms with Crippen LogP contribution in [-0.4, -0.2) is 37.1 Å². The average molecular weight is 457 g/mol. The molecule has 1 fully saturated rings. The lowest BCUT2D eigenvalue weighted by Gasteiger charge is -2.20. The first-order chi connectivity index (χ1) is 11.2. The third-order valence-electron chi connectivity index (χ3n) is 3.97. The van der Waals surface area contributed by atoms with E-state index in [0.717, 1.165) is 37.0 Å². The van der Waals surface area contributed by atoms with Crippen molar-refractivity contribution in [2.45, 2.75) is 25.9 Å². The van der Waals surface area contributed by atoms with Gasteiger partial charge in [0.25, 0.3) is 0 Å². The number of benzene rings is 1. The molecule has 2 heterocycles. The molecule has 0 amide bonds. The van der Waals surface area contributed by atoms with Crippen molar-refractivity contribution in [3.8, 4) is 0 Å². The van der Waals surface area contributed by atoms with Crippen LogP contribution in [0.3, 0.4) is 0 Å². The number of nitrogens with zero attached hydrogens (tertiary/aromatic N) is 3. The molecule has 1 aromatic carbocycles. The lowest BCUT2D eigenvalue weighted by molar-refractivity contribution is 0.649. The van der Waals surface area contributed by atoms with E-state index in [9.17, 15) is 0 Å². The topological polar surface area (TPSA) is 52.6 Å². The molecular weight excluding hydrogens is 433 g/mol. The average Bonchev–Trinajstić information content (AvgIpc) is 3.21. The number of hydrogen-bond donors (Lipinski definition) is 2. The molecule has 1 atom stereocenters. The summed E-state index contributed by atoms with van der Waals surface area (Å²) in [7, 11) is 1.82. The summed E-state index contributed by atoms with van der Waals surface area (Å²) in [6.45, 7) is 4.87. The molecule has 3 rings (SSSR count). The van der Waals surface area contributed by atoms with Crippen LogP contribution >= 0.6 is 35.3 Å². The first-order valence-electron chi connectivity index (χ1n) is 7.93. The highest BCUT2D eigenvalue weighted by Crippen LogP contribution is 2.19. The largest absolute Gasteiger partial charge is 0.369 e. The molecular formula is C17H24IN5S. The standard InChI is InChI=1S/C17H23N5S.HI/c1-13-19-10-16(23-13)11-20-17(18-2)21-14-8-9-22(12-14)15-6-4-3-5-7-15;/h3-7,10,14H,8-9,11-12H2,1-2H3,(H2,18,20,21);1H. The monoisotopic (exact) mass is 457 g/mol. The predicted molar refractivity (Wildman–Crippen MR) is 113 cm³/mol. The van der Waals surface area contributed by atoms with Crippen LogP contribution in [0.15, 0.2) is 41.5 Å². The van der Waals surface area contributed by atoms with Crippen LogP contribution < -0.4 is 15.5 Å². The number of rotatable bonds is 4. The second-order valence-corrected chi connectivity index (χ2v) is 7.00. The predicted octanol–water partition coefficient (Wildman–Crippen LogP) is 3.01. The number of aromatic nitrogens is 1. The summed E-state index contributed by atoms with van der Waals surface area (Å²) in [5.74, 6) is 0.857. The molecule has 0 aliphatic carbocycles. The van der Waals surface area contributed by atoms with Crippen molar-refractivity contribution in [3.05, 3.63) is 46.4 Å². The van der Waals surface area contributed by atoms with Crippen molar-refractivity contribution in [2.75, 3.05) is 25.0 Å². The number of guanidine groups is 1. The van der Waals surface area contributed by atoms with Gasteiger partial charge in [0.1, 0.15) is 0 Å². The molecule has 2 N–H and O–H groups in total. The minimum atomic E-state index is 0. The van der Waals surface area contributed by atoms with Gasteiger partial charge in [-0.15, -0.1) is 35.3 Å². The van der Waals surface area contributed by atoms with E-state index >= 15 is 0 Å². The highest BCUT2D eigenvalue weighted by atomic mass is 127. The molecule has 0 spiro atoms. The molecule has 24 heavy (non-hydrogen) atoms. The van der Waals surface area contributed by atoms with Crippen molar-refractivity contribution in [3.63, 3.8) is 0 Å². The van der Waals surface area contributed by atoms with E-state index in [0.29, 0.717) is 6.04 Å². The summed E-state index contributed by atoms with van der Waals surface area (Å²) in [4.78, 5) is 12.2. The molecule has 0 bridgehead atoms. The minimum absolute atomic E-state index is 0. The lowest BCUT2D eigenvalue weighted by Crippen LogP contribution is -2.44. The SMILES string of the molecule is CN=C(NCc1cnc(C)s1)NC1CCN(c2ccccc2)C1.I. The maximum Gasteiger partial charge on any atom is 0.191 e. The fourth-order valence-corrected chi connectivity index (χ4v) is 3.53. The molecule has 1 unspecified atom stereocenters. The summed E-state index contributed by atoms with van der Waals surface area (Å²) < 4.78 is 0. The molecule has 1 saturated heterocycles. The first-order valence-corrected chi connectivity index (χ1v) is 8.75. The molecule has 5 nitrogen and oxygen atoms in total. The van der Waals surface area contributed by atoms with E-state index in [-0.39, 0.29) is 24.0 Å². The summed E-state index contributed by atoms with van der Waals surface area (Å²) >= 11 is 1.72. The second kappa shape index (κ2) is 9.22. The van der Waals surface area contributed by atoms with Crippen molar-refractivity contribution >= 4 is 47.0 Å². The Kier molecular flexibility index (Phi) is 7.29. The Hall–Kier alpha value is -1.35. The van der Waals surface area contributed by atoms with Crippen molar-refractivity contribution in [1.29, 1.82) is 0 Å². The van der Waals surface area contributed by atoms with Gasteiger partial charge in [-0.2, -0.15) is 0 Å². The normalized spacial score (nSPS) is 17.5. The zero-order valence-corrected chi connectivity index (χ0v) is 17.2. The first kappa shape index (κ1) is 19.0. The van der Waals surface area contributed by atoms with Crippen LogP contribution in [0.5, 0.6) is 0 Å².